The fourth-order valence-electron chi connectivity index (χ4n) is 1.63. The van der Waals surface area contributed by atoms with Crippen LogP contribution in [0.4, 0.5) is 4.79 Å². The van der Waals surface area contributed by atoms with Gasteiger partial charge in [0.05, 0.1) is 12.0 Å². The van der Waals surface area contributed by atoms with Crippen LogP contribution in [0.2, 0.25) is 0 Å². The number of hydrogen-bond donors (Lipinski definition) is 1. The molecule has 10 nitrogen and oxygen atoms in total. The second kappa shape index (κ2) is 11.8. The molecule has 0 aliphatic rings. The third-order valence-corrected chi connectivity index (χ3v) is 2.84. The first kappa shape index (κ1) is 23.3. The molecule has 146 valence electrons. The number of ketones is 1. The van der Waals surface area contributed by atoms with Crippen LogP contribution in [0.25, 0.3) is 5.53 Å². The molecule has 0 bridgehead atoms. The Labute approximate surface area is 151 Å². The smallest absolute Gasteiger partial charge is 0.410 e. The summed E-state index contributed by atoms with van der Waals surface area (Å²) in [4.78, 5) is 49.4. The molecular formula is C16H25N3O7. The van der Waals surface area contributed by atoms with E-state index in [4.69, 9.17) is 19.7 Å². The van der Waals surface area contributed by atoms with E-state index in [2.05, 4.69) is 10.1 Å². The standard InChI is InChI=1S/C16H25N3O7/c1-9(2)14(21)25-11(5)26-16(23)19-13(15(22)24-10(3)4)7-6-12(20)8-18-17/h8-11,13H,6-7H2,1-5H3,(H,19,23)/t11?,13-/m0/s1. The van der Waals surface area contributed by atoms with Gasteiger partial charge in [0.2, 0.25) is 12.1 Å². The molecule has 0 saturated heterocycles. The average molecular weight is 371 g/mol. The maximum Gasteiger partial charge on any atom is 0.410 e. The minimum absolute atomic E-state index is 0.0916. The van der Waals surface area contributed by atoms with Crippen LogP contribution in [-0.2, 0) is 28.6 Å². The van der Waals surface area contributed by atoms with Crippen molar-refractivity contribution in [3.8, 4) is 0 Å². The fourth-order valence-corrected chi connectivity index (χ4v) is 1.63. The molecule has 1 amide bonds. The van der Waals surface area contributed by atoms with Gasteiger partial charge in [-0.15, -0.1) is 0 Å². The highest BCUT2D eigenvalue weighted by Gasteiger charge is 2.26. The van der Waals surface area contributed by atoms with Crippen molar-refractivity contribution < 1.29 is 38.2 Å². The molecule has 1 N–H and O–H groups in total. The zero-order chi connectivity index (χ0) is 20.3. The largest absolute Gasteiger partial charge is 0.461 e. The number of alkyl carbamates (subject to hydrolysis) is 1. The SMILES string of the molecule is CC(C)OC(=O)[C@H](CCC(=O)C=[N+]=[N-])NC(=O)OC(C)OC(=O)C(C)C. The summed E-state index contributed by atoms with van der Waals surface area (Å²) in [6, 6.07) is -1.16. The van der Waals surface area contributed by atoms with E-state index in [9.17, 15) is 19.2 Å². The number of rotatable bonds is 10. The second-order valence-corrected chi connectivity index (χ2v) is 6.00. The summed E-state index contributed by atoms with van der Waals surface area (Å²) in [5, 5.41) is 2.27. The van der Waals surface area contributed by atoms with E-state index in [1.54, 1.807) is 27.7 Å². The van der Waals surface area contributed by atoms with Crippen LogP contribution in [0, 0.1) is 5.92 Å². The highest BCUT2D eigenvalue weighted by molar-refractivity contribution is 6.25. The van der Waals surface area contributed by atoms with Crippen molar-refractivity contribution >= 4 is 30.0 Å². The molecule has 0 aliphatic heterocycles. The number of ether oxygens (including phenoxy) is 3. The lowest BCUT2D eigenvalue weighted by Crippen LogP contribution is -2.44. The Morgan fingerprint density at radius 2 is 1.62 bits per heavy atom. The molecule has 26 heavy (non-hydrogen) atoms. The van der Waals surface area contributed by atoms with Gasteiger partial charge < -0.3 is 25.1 Å². The van der Waals surface area contributed by atoms with Gasteiger partial charge in [-0.3, -0.25) is 9.59 Å². The van der Waals surface area contributed by atoms with Crippen LogP contribution in [0.3, 0.4) is 0 Å². The molecular weight excluding hydrogens is 346 g/mol. The Morgan fingerprint density at radius 3 is 2.12 bits per heavy atom. The lowest BCUT2D eigenvalue weighted by molar-refractivity contribution is -0.169. The molecule has 0 aromatic carbocycles. The van der Waals surface area contributed by atoms with Crippen LogP contribution in [-0.4, -0.2) is 53.3 Å². The molecule has 0 heterocycles. The van der Waals surface area contributed by atoms with Crippen molar-refractivity contribution in [3.05, 3.63) is 5.53 Å². The zero-order valence-electron chi connectivity index (χ0n) is 15.6. The van der Waals surface area contributed by atoms with Gasteiger partial charge in [-0.25, -0.2) is 9.59 Å². The van der Waals surface area contributed by atoms with Crippen molar-refractivity contribution in [2.24, 2.45) is 5.92 Å². The van der Waals surface area contributed by atoms with Crippen molar-refractivity contribution in [1.29, 1.82) is 0 Å². The summed E-state index contributed by atoms with van der Waals surface area (Å²) in [5.74, 6) is -2.23. The molecule has 0 aromatic heterocycles. The molecule has 0 aliphatic carbocycles. The molecule has 0 saturated carbocycles. The maximum absolute atomic E-state index is 12.0. The number of carbonyl (C=O) groups is 4. The van der Waals surface area contributed by atoms with Crippen LogP contribution < -0.4 is 5.32 Å². The second-order valence-electron chi connectivity index (χ2n) is 6.00. The number of nitrogens with one attached hydrogen (secondary N) is 1. The topological polar surface area (TPSA) is 144 Å². The Kier molecular flexibility index (Phi) is 10.5. The Balaban J connectivity index is 4.79. The van der Waals surface area contributed by atoms with E-state index in [1.165, 1.54) is 6.92 Å². The van der Waals surface area contributed by atoms with Gasteiger partial charge in [0.15, 0.2) is 0 Å². The summed E-state index contributed by atoms with van der Waals surface area (Å²) < 4.78 is 14.8. The van der Waals surface area contributed by atoms with E-state index < -0.39 is 48.2 Å². The van der Waals surface area contributed by atoms with E-state index >= 15 is 0 Å². The molecule has 0 aromatic rings. The van der Waals surface area contributed by atoms with Gasteiger partial charge in [0.25, 0.3) is 0 Å². The first-order valence-electron chi connectivity index (χ1n) is 8.15. The number of amides is 1. The van der Waals surface area contributed by atoms with Crippen molar-refractivity contribution in [1.82, 2.24) is 5.32 Å². The van der Waals surface area contributed by atoms with E-state index in [1.807, 2.05) is 0 Å². The maximum atomic E-state index is 12.0. The number of esters is 2. The lowest BCUT2D eigenvalue weighted by Gasteiger charge is -2.20. The summed E-state index contributed by atoms with van der Waals surface area (Å²) in [7, 11) is 0. The van der Waals surface area contributed by atoms with E-state index in [-0.39, 0.29) is 12.8 Å². The first-order valence-corrected chi connectivity index (χ1v) is 8.15. The molecule has 1 unspecified atom stereocenters. The van der Waals surface area contributed by atoms with Gasteiger partial charge in [-0.05, 0) is 20.3 Å². The minimum atomic E-state index is -1.16. The normalized spacial score (nSPS) is 12.6. The molecule has 2 atom stereocenters. The summed E-state index contributed by atoms with van der Waals surface area (Å²) in [5.41, 5.74) is 8.31. The van der Waals surface area contributed by atoms with Gasteiger partial charge in [0.1, 0.15) is 6.04 Å². The molecule has 0 rings (SSSR count). The van der Waals surface area contributed by atoms with Crippen LogP contribution in [0.15, 0.2) is 0 Å². The highest BCUT2D eigenvalue weighted by Crippen LogP contribution is 2.06. The van der Waals surface area contributed by atoms with Crippen molar-refractivity contribution in [2.75, 3.05) is 0 Å². The number of nitrogens with zero attached hydrogens (tertiary/aromatic N) is 2. The minimum Gasteiger partial charge on any atom is -0.461 e. The van der Waals surface area contributed by atoms with Crippen LogP contribution in [0.5, 0.6) is 0 Å². The van der Waals surface area contributed by atoms with Gasteiger partial charge in [-0.2, -0.15) is 4.79 Å². The summed E-state index contributed by atoms with van der Waals surface area (Å²) in [6.45, 7) is 7.86. The van der Waals surface area contributed by atoms with Crippen molar-refractivity contribution in [3.63, 3.8) is 0 Å². The molecule has 10 heteroatoms. The number of hydrogen-bond acceptors (Lipinski definition) is 7. The van der Waals surface area contributed by atoms with Crippen molar-refractivity contribution in [2.45, 2.75) is 65.9 Å². The third-order valence-electron chi connectivity index (χ3n) is 2.84. The third kappa shape index (κ3) is 10.2. The predicted octanol–water partition coefficient (Wildman–Crippen LogP) is 1.23. The molecule has 0 fully saturated rings. The van der Waals surface area contributed by atoms with Crippen LogP contribution in [0.1, 0.15) is 47.5 Å². The van der Waals surface area contributed by atoms with E-state index in [0.717, 1.165) is 0 Å². The average Bonchev–Trinajstić information content (AvgIpc) is 2.50. The first-order chi connectivity index (χ1) is 12.1. The predicted molar refractivity (Wildman–Crippen MR) is 88.9 cm³/mol. The van der Waals surface area contributed by atoms with Gasteiger partial charge in [-0.1, -0.05) is 13.8 Å². The van der Waals surface area contributed by atoms with E-state index in [0.29, 0.717) is 6.21 Å². The number of Topliss-reactive ketones (excluding diaryl/α,β-unsaturated/α-hetero) is 1. The fraction of sp³-hybridized carbons (Fsp3) is 0.688. The molecule has 0 spiro atoms. The number of carbonyl (C=O) groups excluding carboxylic acids is 4. The molecule has 0 radical (unpaired) electrons. The Hall–Kier alpha value is -2.74. The quantitative estimate of drug-likeness (QED) is 0.200. The van der Waals surface area contributed by atoms with Gasteiger partial charge in [0, 0.05) is 13.3 Å². The summed E-state index contributed by atoms with van der Waals surface area (Å²) in [6.07, 6.45) is -2.16. The monoisotopic (exact) mass is 371 g/mol. The Morgan fingerprint density at radius 1 is 1.00 bits per heavy atom. The lowest BCUT2D eigenvalue weighted by atomic mass is 10.1. The zero-order valence-corrected chi connectivity index (χ0v) is 15.6. The Bertz CT molecular complexity index is 568. The van der Waals surface area contributed by atoms with Crippen LogP contribution >= 0.6 is 0 Å². The highest BCUT2D eigenvalue weighted by atomic mass is 16.7. The summed E-state index contributed by atoms with van der Waals surface area (Å²) >= 11 is 0. The van der Waals surface area contributed by atoms with Gasteiger partial charge >= 0.3 is 24.2 Å².